The Morgan fingerprint density at radius 2 is 2.30 bits per heavy atom. The topological polar surface area (TPSA) is 49.7 Å². The molecule has 1 heterocycles. The smallest absolute Gasteiger partial charge is 0.267 e. The minimum atomic E-state index is -0.494. The summed E-state index contributed by atoms with van der Waals surface area (Å²) in [6.07, 6.45) is 2.83. The van der Waals surface area contributed by atoms with Crippen molar-refractivity contribution in [3.63, 3.8) is 0 Å². The molecule has 4 nitrogen and oxygen atoms in total. The van der Waals surface area contributed by atoms with E-state index in [0.29, 0.717) is 6.54 Å². The highest BCUT2D eigenvalue weighted by atomic mass is 16.2. The summed E-state index contributed by atoms with van der Waals surface area (Å²) in [5.74, 6) is -0.424. The number of urea groups is 1. The summed E-state index contributed by atoms with van der Waals surface area (Å²) in [4.78, 5) is 25.6. The van der Waals surface area contributed by atoms with Crippen LogP contribution in [0.4, 0.5) is 4.79 Å². The molecule has 0 aliphatic carbocycles. The zero-order valence-corrected chi connectivity index (χ0v) is 5.63. The number of amides is 3. The van der Waals surface area contributed by atoms with Crippen LogP contribution in [0.3, 0.4) is 0 Å². The van der Waals surface area contributed by atoms with Crippen molar-refractivity contribution in [1.82, 2.24) is 4.90 Å². The number of carbonyl (C=O) groups excluding carboxylic acids is 2. The van der Waals surface area contributed by atoms with Crippen molar-refractivity contribution in [3.05, 3.63) is 0 Å². The Kier molecular flexibility index (Phi) is 1.80. The lowest BCUT2D eigenvalue weighted by Crippen LogP contribution is -2.30. The minimum Gasteiger partial charge on any atom is -0.267 e. The maximum Gasteiger partial charge on any atom is 0.351 e. The van der Waals surface area contributed by atoms with E-state index in [1.54, 1.807) is 0 Å². The van der Waals surface area contributed by atoms with Crippen molar-refractivity contribution in [3.8, 4) is 0 Å². The standard InChI is InChI=1S/C6H7N2O2/c1-2-3-8-5(9)4-7-6(8)10/h2-3H2,1H3. The lowest BCUT2D eigenvalue weighted by Gasteiger charge is -2.08. The molecule has 0 aromatic heterocycles. The van der Waals surface area contributed by atoms with E-state index in [-0.39, 0.29) is 0 Å². The van der Waals surface area contributed by atoms with E-state index >= 15 is 0 Å². The number of carbonyl (C=O) groups is 2. The molecule has 4 heteroatoms. The molecule has 3 amide bonds. The van der Waals surface area contributed by atoms with Gasteiger partial charge in [-0.25, -0.2) is 4.79 Å². The zero-order chi connectivity index (χ0) is 7.56. The Hall–Kier alpha value is -1.19. The first-order valence-electron chi connectivity index (χ1n) is 3.08. The number of aliphatic imine (C=N–C) groups is 1. The first kappa shape index (κ1) is 6.92. The Balaban J connectivity index is 2.60. The van der Waals surface area contributed by atoms with Gasteiger partial charge >= 0.3 is 6.03 Å². The Morgan fingerprint density at radius 3 is 2.70 bits per heavy atom. The van der Waals surface area contributed by atoms with Crippen LogP contribution in [0.2, 0.25) is 0 Å². The second-order valence-corrected chi connectivity index (χ2v) is 1.96. The molecule has 53 valence electrons. The molecule has 1 aliphatic rings. The van der Waals surface area contributed by atoms with Gasteiger partial charge in [0.25, 0.3) is 5.91 Å². The summed E-state index contributed by atoms with van der Waals surface area (Å²) >= 11 is 0. The normalized spacial score (nSPS) is 17.1. The van der Waals surface area contributed by atoms with Gasteiger partial charge in [-0.1, -0.05) is 6.92 Å². The monoisotopic (exact) mass is 139 g/mol. The lowest BCUT2D eigenvalue weighted by atomic mass is 10.4. The molecule has 0 saturated carbocycles. The molecular weight excluding hydrogens is 132 g/mol. The predicted octanol–water partition coefficient (Wildman–Crippen LogP) is 0.306. The largest absolute Gasteiger partial charge is 0.351 e. The van der Waals surface area contributed by atoms with Crippen molar-refractivity contribution in [1.29, 1.82) is 0 Å². The predicted molar refractivity (Wildman–Crippen MR) is 34.8 cm³/mol. The number of rotatable bonds is 2. The second kappa shape index (κ2) is 2.60. The molecule has 0 saturated heterocycles. The van der Waals surface area contributed by atoms with Crippen molar-refractivity contribution in [2.24, 2.45) is 4.99 Å². The summed E-state index contributed by atoms with van der Waals surface area (Å²) in [6.45, 7) is 2.33. The van der Waals surface area contributed by atoms with Crippen molar-refractivity contribution in [2.45, 2.75) is 13.3 Å². The molecular formula is C6H7N2O2. The average Bonchev–Trinajstić information content (AvgIpc) is 2.20. The summed E-state index contributed by atoms with van der Waals surface area (Å²) in [6, 6.07) is -0.494. The van der Waals surface area contributed by atoms with E-state index in [1.165, 1.54) is 0 Å². The average molecular weight is 139 g/mol. The van der Waals surface area contributed by atoms with Crippen LogP contribution in [0.25, 0.3) is 0 Å². The molecule has 1 rings (SSSR count). The van der Waals surface area contributed by atoms with Crippen molar-refractivity contribution < 1.29 is 9.59 Å². The highest BCUT2D eigenvalue weighted by Crippen LogP contribution is 2.00. The Labute approximate surface area is 58.5 Å². The van der Waals surface area contributed by atoms with Gasteiger partial charge in [-0.3, -0.25) is 9.69 Å². The highest BCUT2D eigenvalue weighted by Gasteiger charge is 2.24. The van der Waals surface area contributed by atoms with Gasteiger partial charge in [-0.15, -0.1) is 0 Å². The molecule has 1 radical (unpaired) electrons. The molecule has 0 bridgehead atoms. The Morgan fingerprint density at radius 1 is 1.60 bits per heavy atom. The summed E-state index contributed by atoms with van der Waals surface area (Å²) < 4.78 is 0. The van der Waals surface area contributed by atoms with Crippen molar-refractivity contribution in [2.75, 3.05) is 6.54 Å². The fraction of sp³-hybridized carbons (Fsp3) is 0.500. The van der Waals surface area contributed by atoms with Gasteiger partial charge in [0.2, 0.25) is 0 Å². The van der Waals surface area contributed by atoms with E-state index in [2.05, 4.69) is 11.2 Å². The van der Waals surface area contributed by atoms with Gasteiger partial charge in [0.1, 0.15) is 0 Å². The van der Waals surface area contributed by atoms with E-state index in [4.69, 9.17) is 0 Å². The SMILES string of the molecule is CCCN1C(=O)[C]=NC1=O. The van der Waals surface area contributed by atoms with E-state index in [1.807, 2.05) is 6.92 Å². The number of imide groups is 1. The van der Waals surface area contributed by atoms with Crippen LogP contribution in [0, 0.1) is 0 Å². The first-order valence-corrected chi connectivity index (χ1v) is 3.08. The van der Waals surface area contributed by atoms with E-state index in [9.17, 15) is 9.59 Å². The summed E-state index contributed by atoms with van der Waals surface area (Å²) in [5.41, 5.74) is 0. The molecule has 0 fully saturated rings. The van der Waals surface area contributed by atoms with E-state index < -0.39 is 11.9 Å². The Bertz CT molecular complexity index is 180. The number of hydrogen-bond acceptors (Lipinski definition) is 2. The fourth-order valence-corrected chi connectivity index (χ4v) is 0.724. The van der Waals surface area contributed by atoms with Crippen LogP contribution in [-0.4, -0.2) is 29.6 Å². The quantitative estimate of drug-likeness (QED) is 0.552. The lowest BCUT2D eigenvalue weighted by molar-refractivity contribution is -0.120. The molecule has 0 aromatic rings. The molecule has 0 N–H and O–H groups in total. The van der Waals surface area contributed by atoms with Crippen LogP contribution in [0.1, 0.15) is 13.3 Å². The van der Waals surface area contributed by atoms with Crippen LogP contribution >= 0.6 is 0 Å². The third-order valence-electron chi connectivity index (χ3n) is 1.17. The van der Waals surface area contributed by atoms with Crippen LogP contribution in [0.5, 0.6) is 0 Å². The third kappa shape index (κ3) is 1.05. The highest BCUT2D eigenvalue weighted by molar-refractivity contribution is 6.35. The minimum absolute atomic E-state index is 0.424. The zero-order valence-electron chi connectivity index (χ0n) is 5.63. The maximum atomic E-state index is 10.7. The third-order valence-corrected chi connectivity index (χ3v) is 1.17. The maximum absolute atomic E-state index is 10.7. The van der Waals surface area contributed by atoms with Crippen LogP contribution in [-0.2, 0) is 4.79 Å². The molecule has 0 spiro atoms. The molecule has 10 heavy (non-hydrogen) atoms. The molecule has 0 unspecified atom stereocenters. The van der Waals surface area contributed by atoms with Gasteiger partial charge in [0.15, 0.2) is 6.21 Å². The van der Waals surface area contributed by atoms with Crippen LogP contribution < -0.4 is 0 Å². The molecule has 1 aliphatic heterocycles. The number of nitrogens with zero attached hydrogens (tertiary/aromatic N) is 2. The number of hydrogen-bond donors (Lipinski definition) is 0. The summed E-state index contributed by atoms with van der Waals surface area (Å²) in [7, 11) is 0. The van der Waals surface area contributed by atoms with Crippen LogP contribution in [0.15, 0.2) is 4.99 Å². The van der Waals surface area contributed by atoms with Gasteiger partial charge in [0, 0.05) is 6.54 Å². The van der Waals surface area contributed by atoms with Gasteiger partial charge in [-0.05, 0) is 6.42 Å². The van der Waals surface area contributed by atoms with Gasteiger partial charge < -0.3 is 0 Å². The second-order valence-electron chi connectivity index (χ2n) is 1.96. The first-order chi connectivity index (χ1) is 4.75. The van der Waals surface area contributed by atoms with E-state index in [0.717, 1.165) is 11.3 Å². The molecule has 0 atom stereocenters. The van der Waals surface area contributed by atoms with Gasteiger partial charge in [-0.2, -0.15) is 4.99 Å². The van der Waals surface area contributed by atoms with Gasteiger partial charge in [0.05, 0.1) is 0 Å². The molecule has 0 aromatic carbocycles. The summed E-state index contributed by atoms with van der Waals surface area (Å²) in [5, 5.41) is 0. The fourth-order valence-electron chi connectivity index (χ4n) is 0.724. The van der Waals surface area contributed by atoms with Crippen molar-refractivity contribution >= 4 is 18.2 Å².